The number of pyridine rings is 1. The zero-order valence-electron chi connectivity index (χ0n) is 17.4. The second-order valence-electron chi connectivity index (χ2n) is 7.58. The molecule has 0 amide bonds. The third kappa shape index (κ3) is 5.67. The van der Waals surface area contributed by atoms with Gasteiger partial charge in [0.15, 0.2) is 0 Å². The van der Waals surface area contributed by atoms with Crippen LogP contribution < -0.4 is 10.6 Å². The number of nitrogens with zero attached hydrogens (tertiary/aromatic N) is 1. The highest BCUT2D eigenvalue weighted by Crippen LogP contribution is 2.35. The van der Waals surface area contributed by atoms with E-state index in [1.54, 1.807) is 23.1 Å². The number of aryl methyl sites for hydroxylation is 1. The molecule has 3 heterocycles. The fourth-order valence-corrected chi connectivity index (χ4v) is 5.43. The molecule has 2 aromatic heterocycles. The van der Waals surface area contributed by atoms with Gasteiger partial charge in [-0.1, -0.05) is 62.6 Å². The summed E-state index contributed by atoms with van der Waals surface area (Å²) in [6.07, 6.45) is 9.70. The Morgan fingerprint density at radius 3 is 2.57 bits per heavy atom. The molecule has 1 aliphatic heterocycles. The minimum Gasteiger partial charge on any atom is -0.357 e. The van der Waals surface area contributed by atoms with Gasteiger partial charge in [-0.05, 0) is 60.2 Å². The van der Waals surface area contributed by atoms with E-state index in [1.807, 2.05) is 18.3 Å². The van der Waals surface area contributed by atoms with Crippen molar-refractivity contribution in [2.24, 2.45) is 0 Å². The molecular weight excluding hydrogens is 406 g/mol. The molecule has 4 rings (SSSR count). The van der Waals surface area contributed by atoms with Crippen LogP contribution in [0.25, 0.3) is 16.3 Å². The van der Waals surface area contributed by atoms with Crippen molar-refractivity contribution >= 4 is 34.5 Å². The Kier molecular flexibility index (Phi) is 7.49. The van der Waals surface area contributed by atoms with Crippen molar-refractivity contribution in [1.82, 2.24) is 10.3 Å². The zero-order valence-corrected chi connectivity index (χ0v) is 19.1. The average Bonchev–Trinajstić information content (AvgIpc) is 3.45. The number of nitrogens with one attached hydrogen (secondary N) is 2. The summed E-state index contributed by atoms with van der Waals surface area (Å²) in [4.78, 5) is 6.89. The van der Waals surface area contributed by atoms with E-state index >= 15 is 0 Å². The lowest BCUT2D eigenvalue weighted by molar-refractivity contribution is 0.632. The van der Waals surface area contributed by atoms with E-state index in [0.29, 0.717) is 0 Å². The number of benzene rings is 1. The fraction of sp³-hybridized carbons (Fsp3) is 0.320. The first-order valence-electron chi connectivity index (χ1n) is 10.8. The first-order chi connectivity index (χ1) is 14.8. The number of rotatable bonds is 10. The first kappa shape index (κ1) is 21.0. The van der Waals surface area contributed by atoms with Crippen molar-refractivity contribution in [2.75, 3.05) is 5.32 Å². The Bertz CT molecular complexity index is 948. The molecule has 3 nitrogen and oxygen atoms in total. The molecule has 1 aliphatic rings. The smallest absolute Gasteiger partial charge is 0.149 e. The van der Waals surface area contributed by atoms with Crippen LogP contribution in [0, 0.1) is 0 Å². The number of hydrogen-bond donors (Lipinski definition) is 2. The van der Waals surface area contributed by atoms with Gasteiger partial charge >= 0.3 is 0 Å². The average molecular weight is 436 g/mol. The molecule has 1 aromatic carbocycles. The van der Waals surface area contributed by atoms with E-state index in [2.05, 4.69) is 70.4 Å². The number of unbranched alkanes of at least 4 members (excludes halogenated alkanes) is 4. The monoisotopic (exact) mass is 435 g/mol. The molecule has 0 saturated carbocycles. The lowest BCUT2D eigenvalue weighted by atomic mass is 10.1. The summed E-state index contributed by atoms with van der Waals surface area (Å²) in [6.45, 7) is 2.27. The van der Waals surface area contributed by atoms with Crippen LogP contribution in [0.4, 0.5) is 5.69 Å². The maximum Gasteiger partial charge on any atom is 0.149 e. The minimum atomic E-state index is 0.153. The zero-order chi connectivity index (χ0) is 20.6. The van der Waals surface area contributed by atoms with Crippen LogP contribution in [0.5, 0.6) is 0 Å². The maximum absolute atomic E-state index is 4.45. The molecule has 2 N–H and O–H groups in total. The van der Waals surface area contributed by atoms with Crippen molar-refractivity contribution in [1.29, 1.82) is 0 Å². The van der Waals surface area contributed by atoms with E-state index in [1.165, 1.54) is 59.5 Å². The molecule has 30 heavy (non-hydrogen) atoms. The summed E-state index contributed by atoms with van der Waals surface area (Å²) < 4.78 is 0. The van der Waals surface area contributed by atoms with E-state index < -0.39 is 0 Å². The first-order valence-corrected chi connectivity index (χ1v) is 12.6. The standard InChI is InChI=1S/C25H29N3S2/c1-2-3-4-5-6-9-19-11-13-20(14-12-19)27-25-28-22(18-29-25)24-16-15-23(30-24)21-10-7-8-17-26-21/h7-8,10-18,25,27-28H,2-6,9H2,1H3. The van der Waals surface area contributed by atoms with Gasteiger partial charge in [0, 0.05) is 11.9 Å². The molecule has 156 valence electrons. The number of thiophene rings is 1. The molecule has 0 fully saturated rings. The Labute approximate surface area is 188 Å². The lowest BCUT2D eigenvalue weighted by Crippen LogP contribution is -2.27. The Balaban J connectivity index is 1.26. The van der Waals surface area contributed by atoms with Crippen molar-refractivity contribution < 1.29 is 0 Å². The second-order valence-corrected chi connectivity index (χ2v) is 9.64. The van der Waals surface area contributed by atoms with Gasteiger partial charge in [-0.25, -0.2) is 0 Å². The molecule has 1 atom stereocenters. The van der Waals surface area contributed by atoms with Gasteiger partial charge in [0.2, 0.25) is 0 Å². The summed E-state index contributed by atoms with van der Waals surface area (Å²) in [6, 6.07) is 19.3. The third-order valence-electron chi connectivity index (χ3n) is 5.22. The molecule has 0 saturated heterocycles. The summed E-state index contributed by atoms with van der Waals surface area (Å²) in [5, 5.41) is 9.38. The summed E-state index contributed by atoms with van der Waals surface area (Å²) in [7, 11) is 0. The van der Waals surface area contributed by atoms with Crippen LogP contribution in [-0.4, -0.2) is 10.5 Å². The summed E-state index contributed by atoms with van der Waals surface area (Å²) in [5.74, 6) is 0. The highest BCUT2D eigenvalue weighted by atomic mass is 32.2. The van der Waals surface area contributed by atoms with Crippen LogP contribution in [0.1, 0.15) is 49.5 Å². The molecule has 0 bridgehead atoms. The highest BCUT2D eigenvalue weighted by Gasteiger charge is 2.19. The Morgan fingerprint density at radius 1 is 0.933 bits per heavy atom. The summed E-state index contributed by atoms with van der Waals surface area (Å²) >= 11 is 3.55. The van der Waals surface area contributed by atoms with Crippen molar-refractivity contribution in [3.63, 3.8) is 0 Å². The van der Waals surface area contributed by atoms with E-state index in [4.69, 9.17) is 0 Å². The van der Waals surface area contributed by atoms with Crippen LogP contribution in [0.3, 0.4) is 0 Å². The third-order valence-corrected chi connectivity index (χ3v) is 7.24. The molecule has 5 heteroatoms. The van der Waals surface area contributed by atoms with Gasteiger partial charge in [0.25, 0.3) is 0 Å². The topological polar surface area (TPSA) is 37.0 Å². The molecular formula is C25H29N3S2. The van der Waals surface area contributed by atoms with E-state index in [9.17, 15) is 0 Å². The van der Waals surface area contributed by atoms with Gasteiger partial charge in [-0.15, -0.1) is 11.3 Å². The highest BCUT2D eigenvalue weighted by molar-refractivity contribution is 8.03. The lowest BCUT2D eigenvalue weighted by Gasteiger charge is -2.16. The van der Waals surface area contributed by atoms with Gasteiger partial charge < -0.3 is 10.6 Å². The van der Waals surface area contributed by atoms with Crippen LogP contribution >= 0.6 is 23.1 Å². The molecule has 1 unspecified atom stereocenters. The molecule has 3 aromatic rings. The normalized spacial score (nSPS) is 15.6. The van der Waals surface area contributed by atoms with Crippen LogP contribution in [0.15, 0.2) is 66.2 Å². The second kappa shape index (κ2) is 10.7. The molecule has 0 spiro atoms. The quantitative estimate of drug-likeness (QED) is 0.326. The van der Waals surface area contributed by atoms with Crippen molar-refractivity contribution in [3.8, 4) is 10.6 Å². The SMILES string of the molecule is CCCCCCCc1ccc(NC2NC(c3ccc(-c4ccccn4)s3)=CS2)cc1. The molecule has 0 radical (unpaired) electrons. The largest absolute Gasteiger partial charge is 0.357 e. The van der Waals surface area contributed by atoms with Gasteiger partial charge in [0.1, 0.15) is 5.50 Å². The van der Waals surface area contributed by atoms with Gasteiger partial charge in [0.05, 0.1) is 21.1 Å². The number of anilines is 1. The van der Waals surface area contributed by atoms with Gasteiger partial charge in [-0.3, -0.25) is 4.98 Å². The fourth-order valence-electron chi connectivity index (χ4n) is 3.53. The Morgan fingerprint density at radius 2 is 1.77 bits per heavy atom. The van der Waals surface area contributed by atoms with Gasteiger partial charge in [-0.2, -0.15) is 0 Å². The number of aromatic nitrogens is 1. The van der Waals surface area contributed by atoms with Crippen molar-refractivity contribution in [2.45, 2.75) is 50.9 Å². The van der Waals surface area contributed by atoms with Crippen LogP contribution in [0.2, 0.25) is 0 Å². The van der Waals surface area contributed by atoms with Crippen molar-refractivity contribution in [3.05, 3.63) is 76.6 Å². The minimum absolute atomic E-state index is 0.153. The predicted molar refractivity (Wildman–Crippen MR) is 133 cm³/mol. The number of hydrogen-bond acceptors (Lipinski definition) is 5. The molecule has 0 aliphatic carbocycles. The van der Waals surface area contributed by atoms with E-state index in [0.717, 1.165) is 11.4 Å². The summed E-state index contributed by atoms with van der Waals surface area (Å²) in [5.41, 5.74) is 4.95. The van der Waals surface area contributed by atoms with Crippen LogP contribution in [-0.2, 0) is 6.42 Å². The Hall–Kier alpha value is -2.24. The van der Waals surface area contributed by atoms with E-state index in [-0.39, 0.29) is 5.50 Å². The predicted octanol–water partition coefficient (Wildman–Crippen LogP) is 7.35. The maximum atomic E-state index is 4.45. The number of thioether (sulfide) groups is 1.